The van der Waals surface area contributed by atoms with E-state index in [9.17, 15) is 0 Å². The Labute approximate surface area is 122 Å². The molecule has 2 heterocycles. The van der Waals surface area contributed by atoms with E-state index in [1.165, 1.54) is 12.8 Å². The van der Waals surface area contributed by atoms with Crippen molar-refractivity contribution in [1.29, 1.82) is 0 Å². The van der Waals surface area contributed by atoms with E-state index in [0.29, 0.717) is 12.0 Å². The normalized spacial score (nSPS) is 19.5. The molecular weight excluding hydrogens is 250 g/mol. The Morgan fingerprint density at radius 3 is 2.90 bits per heavy atom. The van der Waals surface area contributed by atoms with Crippen LogP contribution in [0.25, 0.3) is 0 Å². The summed E-state index contributed by atoms with van der Waals surface area (Å²) < 4.78 is 5.78. The van der Waals surface area contributed by atoms with Gasteiger partial charge in [0.25, 0.3) is 0 Å². The highest BCUT2D eigenvalue weighted by molar-refractivity contribution is 5.10. The molecule has 1 unspecified atom stereocenters. The Morgan fingerprint density at radius 1 is 1.35 bits per heavy atom. The average molecular weight is 277 g/mol. The molecule has 0 spiro atoms. The molecule has 1 aromatic heterocycles. The van der Waals surface area contributed by atoms with Gasteiger partial charge in [-0.3, -0.25) is 0 Å². The third-order valence-corrected chi connectivity index (χ3v) is 3.50. The highest BCUT2D eigenvalue weighted by Gasteiger charge is 2.16. The van der Waals surface area contributed by atoms with E-state index >= 15 is 0 Å². The second kappa shape index (κ2) is 7.70. The van der Waals surface area contributed by atoms with E-state index < -0.39 is 0 Å². The average Bonchev–Trinajstić information content (AvgIpc) is 2.38. The summed E-state index contributed by atoms with van der Waals surface area (Å²) in [6.45, 7) is 9.19. The van der Waals surface area contributed by atoms with Crippen molar-refractivity contribution in [2.24, 2.45) is 5.92 Å². The van der Waals surface area contributed by atoms with Crippen LogP contribution in [0.15, 0.2) is 6.07 Å². The van der Waals surface area contributed by atoms with Crippen molar-refractivity contribution in [3.8, 4) is 0 Å². The molecule has 1 saturated heterocycles. The van der Waals surface area contributed by atoms with Crippen LogP contribution in [0.2, 0.25) is 0 Å². The molecule has 1 aromatic rings. The predicted molar refractivity (Wildman–Crippen MR) is 80.6 cm³/mol. The molecule has 0 amide bonds. The number of nitrogens with zero attached hydrogens (tertiary/aromatic N) is 2. The first-order valence-corrected chi connectivity index (χ1v) is 7.79. The molecule has 0 bridgehead atoms. The van der Waals surface area contributed by atoms with Gasteiger partial charge in [0.05, 0.1) is 11.8 Å². The van der Waals surface area contributed by atoms with Crippen molar-refractivity contribution in [2.75, 3.05) is 13.2 Å². The van der Waals surface area contributed by atoms with Crippen molar-refractivity contribution in [2.45, 2.75) is 59.1 Å². The van der Waals surface area contributed by atoms with Crippen LogP contribution in [-0.2, 0) is 17.7 Å². The fourth-order valence-corrected chi connectivity index (χ4v) is 2.54. The summed E-state index contributed by atoms with van der Waals surface area (Å²) in [5.41, 5.74) is 2.14. The second-order valence-electron chi connectivity index (χ2n) is 6.13. The molecule has 1 aliphatic heterocycles. The molecule has 0 aromatic carbocycles. The van der Waals surface area contributed by atoms with Crippen molar-refractivity contribution in [3.05, 3.63) is 23.3 Å². The molecule has 2 rings (SSSR count). The fraction of sp³-hybridized carbons (Fsp3) is 0.750. The van der Waals surface area contributed by atoms with Crippen LogP contribution in [0.4, 0.5) is 0 Å². The summed E-state index contributed by atoms with van der Waals surface area (Å²) >= 11 is 0. The first-order valence-electron chi connectivity index (χ1n) is 7.79. The predicted octanol–water partition coefficient (Wildman–Crippen LogP) is 2.64. The highest BCUT2D eigenvalue weighted by atomic mass is 16.5. The van der Waals surface area contributed by atoms with Gasteiger partial charge in [0.2, 0.25) is 0 Å². The molecule has 4 heteroatoms. The molecule has 20 heavy (non-hydrogen) atoms. The van der Waals surface area contributed by atoms with E-state index in [2.05, 4.69) is 35.2 Å². The van der Waals surface area contributed by atoms with Crippen molar-refractivity contribution < 1.29 is 4.74 Å². The smallest absolute Gasteiger partial charge is 0.131 e. The summed E-state index contributed by atoms with van der Waals surface area (Å²) in [6, 6.07) is 2.07. The van der Waals surface area contributed by atoms with Gasteiger partial charge in [-0.2, -0.15) is 0 Å². The zero-order valence-electron chi connectivity index (χ0n) is 13.0. The molecule has 0 aliphatic carbocycles. The standard InChI is InChI=1S/C16H27N3O/c1-12(2)10-17-11-14-8-13(3)18-16(19-14)9-15-6-4-5-7-20-15/h8,12,15,17H,4-7,9-11H2,1-3H3. The summed E-state index contributed by atoms with van der Waals surface area (Å²) in [6.07, 6.45) is 4.74. The maximum absolute atomic E-state index is 5.78. The summed E-state index contributed by atoms with van der Waals surface area (Å²) in [4.78, 5) is 9.22. The zero-order chi connectivity index (χ0) is 14.4. The minimum absolute atomic E-state index is 0.307. The molecule has 1 atom stereocenters. The maximum Gasteiger partial charge on any atom is 0.131 e. The molecule has 112 valence electrons. The first kappa shape index (κ1) is 15.4. The van der Waals surface area contributed by atoms with Crippen LogP contribution in [-0.4, -0.2) is 29.2 Å². The van der Waals surface area contributed by atoms with Gasteiger partial charge in [0, 0.05) is 25.3 Å². The molecule has 1 aliphatic rings. The number of hydrogen-bond donors (Lipinski definition) is 1. The Hall–Kier alpha value is -1.00. The van der Waals surface area contributed by atoms with Crippen LogP contribution in [0.3, 0.4) is 0 Å². The maximum atomic E-state index is 5.78. The van der Waals surface area contributed by atoms with Crippen molar-refractivity contribution >= 4 is 0 Å². The van der Waals surface area contributed by atoms with Crippen LogP contribution < -0.4 is 5.32 Å². The van der Waals surface area contributed by atoms with Gasteiger partial charge >= 0.3 is 0 Å². The minimum Gasteiger partial charge on any atom is -0.378 e. The molecule has 1 N–H and O–H groups in total. The summed E-state index contributed by atoms with van der Waals surface area (Å²) in [7, 11) is 0. The Morgan fingerprint density at radius 2 is 2.20 bits per heavy atom. The van der Waals surface area contributed by atoms with E-state index in [-0.39, 0.29) is 0 Å². The van der Waals surface area contributed by atoms with Gasteiger partial charge in [-0.25, -0.2) is 9.97 Å². The molecule has 0 radical (unpaired) electrons. The number of rotatable bonds is 6. The van der Waals surface area contributed by atoms with Gasteiger partial charge in [0.15, 0.2) is 0 Å². The third-order valence-electron chi connectivity index (χ3n) is 3.50. The van der Waals surface area contributed by atoms with Crippen LogP contribution in [0.5, 0.6) is 0 Å². The largest absolute Gasteiger partial charge is 0.378 e. The SMILES string of the molecule is Cc1cc(CNCC(C)C)nc(CC2CCCCO2)n1. The van der Waals surface area contributed by atoms with Gasteiger partial charge in [-0.15, -0.1) is 0 Å². The fourth-order valence-electron chi connectivity index (χ4n) is 2.54. The van der Waals surface area contributed by atoms with E-state index in [1.54, 1.807) is 0 Å². The summed E-state index contributed by atoms with van der Waals surface area (Å²) in [5, 5.41) is 3.44. The van der Waals surface area contributed by atoms with Gasteiger partial charge < -0.3 is 10.1 Å². The second-order valence-corrected chi connectivity index (χ2v) is 6.13. The number of aryl methyl sites for hydroxylation is 1. The zero-order valence-corrected chi connectivity index (χ0v) is 13.0. The number of nitrogens with one attached hydrogen (secondary N) is 1. The van der Waals surface area contributed by atoms with Crippen LogP contribution >= 0.6 is 0 Å². The highest BCUT2D eigenvalue weighted by Crippen LogP contribution is 2.16. The van der Waals surface area contributed by atoms with Crippen molar-refractivity contribution in [1.82, 2.24) is 15.3 Å². The monoisotopic (exact) mass is 277 g/mol. The molecule has 4 nitrogen and oxygen atoms in total. The lowest BCUT2D eigenvalue weighted by Crippen LogP contribution is -2.24. The Balaban J connectivity index is 1.93. The lowest BCUT2D eigenvalue weighted by Gasteiger charge is -2.22. The number of ether oxygens (including phenoxy) is 1. The van der Waals surface area contributed by atoms with Gasteiger partial charge in [-0.1, -0.05) is 13.8 Å². The van der Waals surface area contributed by atoms with Gasteiger partial charge in [0.1, 0.15) is 5.82 Å². The van der Waals surface area contributed by atoms with Gasteiger partial charge in [-0.05, 0) is 44.7 Å². The Bertz CT molecular complexity index is 414. The minimum atomic E-state index is 0.307. The van der Waals surface area contributed by atoms with E-state index in [1.807, 2.05) is 6.92 Å². The number of hydrogen-bond acceptors (Lipinski definition) is 4. The van der Waals surface area contributed by atoms with E-state index in [4.69, 9.17) is 4.74 Å². The molecular formula is C16H27N3O. The quantitative estimate of drug-likeness (QED) is 0.868. The lowest BCUT2D eigenvalue weighted by molar-refractivity contribution is 0.0156. The third kappa shape index (κ3) is 5.17. The van der Waals surface area contributed by atoms with Crippen molar-refractivity contribution in [3.63, 3.8) is 0 Å². The lowest BCUT2D eigenvalue weighted by atomic mass is 10.1. The topological polar surface area (TPSA) is 47.0 Å². The molecule has 0 saturated carbocycles. The number of aromatic nitrogens is 2. The first-order chi connectivity index (χ1) is 9.63. The van der Waals surface area contributed by atoms with E-state index in [0.717, 1.165) is 49.8 Å². The molecule has 1 fully saturated rings. The summed E-state index contributed by atoms with van der Waals surface area (Å²) in [5.74, 6) is 1.59. The van der Waals surface area contributed by atoms with Crippen LogP contribution in [0, 0.1) is 12.8 Å². The van der Waals surface area contributed by atoms with Crippen LogP contribution in [0.1, 0.15) is 50.3 Å². The Kier molecular flexibility index (Phi) is 5.92.